The molecule has 0 aromatic heterocycles. The van der Waals surface area contributed by atoms with Gasteiger partial charge in [0.2, 0.25) is 0 Å². The average molecular weight is 205 g/mol. The number of urea groups is 1. The second kappa shape index (κ2) is 3.81. The van der Waals surface area contributed by atoms with E-state index in [4.69, 9.17) is 5.73 Å². The highest BCUT2D eigenvalue weighted by molar-refractivity contribution is 5.93. The van der Waals surface area contributed by atoms with Gasteiger partial charge in [-0.3, -0.25) is 4.90 Å². The number of nitrogen functional groups attached to an aromatic ring is 1. The van der Waals surface area contributed by atoms with E-state index in [-0.39, 0.29) is 12.1 Å². The van der Waals surface area contributed by atoms with Crippen molar-refractivity contribution in [1.82, 2.24) is 5.32 Å². The number of nitrogens with one attached hydrogen (secondary N) is 1. The first-order valence-electron chi connectivity index (χ1n) is 5.11. The highest BCUT2D eigenvalue weighted by Gasteiger charge is 2.25. The van der Waals surface area contributed by atoms with Crippen LogP contribution in [0.2, 0.25) is 0 Å². The molecule has 2 amide bonds. The van der Waals surface area contributed by atoms with Gasteiger partial charge >= 0.3 is 6.03 Å². The maximum Gasteiger partial charge on any atom is 0.322 e. The predicted molar refractivity (Wildman–Crippen MR) is 60.8 cm³/mol. The van der Waals surface area contributed by atoms with Crippen molar-refractivity contribution in [2.45, 2.75) is 19.4 Å². The van der Waals surface area contributed by atoms with Crippen LogP contribution in [0.5, 0.6) is 0 Å². The van der Waals surface area contributed by atoms with Crippen molar-refractivity contribution in [2.75, 3.05) is 17.2 Å². The molecule has 1 heterocycles. The van der Waals surface area contributed by atoms with E-state index in [2.05, 4.69) is 12.2 Å². The van der Waals surface area contributed by atoms with Gasteiger partial charge in [-0.25, -0.2) is 4.79 Å². The van der Waals surface area contributed by atoms with Crippen LogP contribution in [-0.4, -0.2) is 18.6 Å². The Labute approximate surface area is 89.1 Å². The highest BCUT2D eigenvalue weighted by atomic mass is 16.2. The van der Waals surface area contributed by atoms with E-state index >= 15 is 0 Å². The molecule has 1 aromatic rings. The summed E-state index contributed by atoms with van der Waals surface area (Å²) in [5.74, 6) is 0. The first-order chi connectivity index (χ1) is 7.18. The number of nitrogens with zero attached hydrogens (tertiary/aromatic N) is 1. The van der Waals surface area contributed by atoms with E-state index in [0.717, 1.165) is 18.7 Å². The Kier molecular flexibility index (Phi) is 2.49. The van der Waals surface area contributed by atoms with E-state index in [1.807, 2.05) is 24.3 Å². The number of nitrogens with two attached hydrogens (primary N) is 1. The van der Waals surface area contributed by atoms with E-state index in [1.165, 1.54) is 0 Å². The van der Waals surface area contributed by atoms with E-state index in [9.17, 15) is 4.79 Å². The fourth-order valence-electron chi connectivity index (χ4n) is 1.81. The Morgan fingerprint density at radius 3 is 2.67 bits per heavy atom. The van der Waals surface area contributed by atoms with Gasteiger partial charge in [0.25, 0.3) is 0 Å². The number of benzene rings is 1. The normalized spacial score (nSPS) is 21.3. The summed E-state index contributed by atoms with van der Waals surface area (Å²) < 4.78 is 0. The van der Waals surface area contributed by atoms with Gasteiger partial charge in [0.05, 0.1) is 0 Å². The lowest BCUT2D eigenvalue weighted by molar-refractivity contribution is 0.239. The molecule has 1 unspecified atom stereocenters. The van der Waals surface area contributed by atoms with Crippen LogP contribution in [0.1, 0.15) is 13.3 Å². The van der Waals surface area contributed by atoms with Gasteiger partial charge in [0, 0.05) is 24.0 Å². The molecular formula is C11H15N3O. The highest BCUT2D eigenvalue weighted by Crippen LogP contribution is 2.21. The standard InChI is InChI=1S/C11H15N3O/c1-8-6-7-13-11(15)14(8)10-4-2-9(12)3-5-10/h2-5,8H,6-7,12H2,1H3,(H,13,15). The van der Waals surface area contributed by atoms with Crippen LogP contribution in [0, 0.1) is 0 Å². The van der Waals surface area contributed by atoms with Crippen molar-refractivity contribution in [3.8, 4) is 0 Å². The number of hydrogen-bond acceptors (Lipinski definition) is 2. The summed E-state index contributed by atoms with van der Waals surface area (Å²) in [6.45, 7) is 2.81. The van der Waals surface area contributed by atoms with Crippen LogP contribution in [0.25, 0.3) is 0 Å². The molecule has 1 saturated heterocycles. The lowest BCUT2D eigenvalue weighted by Gasteiger charge is -2.33. The minimum absolute atomic E-state index is 0.0291. The lowest BCUT2D eigenvalue weighted by atomic mass is 10.1. The Morgan fingerprint density at radius 2 is 2.07 bits per heavy atom. The monoisotopic (exact) mass is 205 g/mol. The van der Waals surface area contributed by atoms with Crippen molar-refractivity contribution in [1.29, 1.82) is 0 Å². The van der Waals surface area contributed by atoms with Crippen molar-refractivity contribution < 1.29 is 4.79 Å². The Bertz CT molecular complexity index is 361. The van der Waals surface area contributed by atoms with Crippen LogP contribution in [0.3, 0.4) is 0 Å². The zero-order valence-electron chi connectivity index (χ0n) is 8.73. The summed E-state index contributed by atoms with van der Waals surface area (Å²) >= 11 is 0. The second-order valence-electron chi connectivity index (χ2n) is 3.83. The van der Waals surface area contributed by atoms with Gasteiger partial charge in [-0.15, -0.1) is 0 Å². The molecule has 4 heteroatoms. The van der Waals surface area contributed by atoms with Crippen LogP contribution < -0.4 is 16.0 Å². The molecule has 2 rings (SSSR count). The molecule has 4 nitrogen and oxygen atoms in total. The molecule has 80 valence electrons. The molecule has 1 aliphatic heterocycles. The van der Waals surface area contributed by atoms with Gasteiger partial charge in [0.1, 0.15) is 0 Å². The molecule has 15 heavy (non-hydrogen) atoms. The number of amides is 2. The van der Waals surface area contributed by atoms with E-state index < -0.39 is 0 Å². The molecule has 3 N–H and O–H groups in total. The molecule has 0 aliphatic carbocycles. The van der Waals surface area contributed by atoms with E-state index in [1.54, 1.807) is 4.90 Å². The van der Waals surface area contributed by atoms with Crippen molar-refractivity contribution >= 4 is 17.4 Å². The summed E-state index contributed by atoms with van der Waals surface area (Å²) in [6.07, 6.45) is 0.968. The fourth-order valence-corrected chi connectivity index (χ4v) is 1.81. The minimum Gasteiger partial charge on any atom is -0.399 e. The molecule has 1 aromatic carbocycles. The molecule has 0 saturated carbocycles. The summed E-state index contributed by atoms with van der Waals surface area (Å²) in [7, 11) is 0. The molecule has 1 fully saturated rings. The van der Waals surface area contributed by atoms with Gasteiger partial charge < -0.3 is 11.1 Å². The summed E-state index contributed by atoms with van der Waals surface area (Å²) in [4.78, 5) is 13.4. The third kappa shape index (κ3) is 1.88. The van der Waals surface area contributed by atoms with Crippen LogP contribution in [0.4, 0.5) is 16.2 Å². The predicted octanol–water partition coefficient (Wildman–Crippen LogP) is 1.58. The van der Waals surface area contributed by atoms with Crippen molar-refractivity contribution in [3.05, 3.63) is 24.3 Å². The fraction of sp³-hybridized carbons (Fsp3) is 0.364. The van der Waals surface area contributed by atoms with Gasteiger partial charge in [-0.05, 0) is 37.6 Å². The largest absolute Gasteiger partial charge is 0.399 e. The zero-order chi connectivity index (χ0) is 10.8. The summed E-state index contributed by atoms with van der Waals surface area (Å²) in [5.41, 5.74) is 7.22. The molecule has 1 atom stereocenters. The van der Waals surface area contributed by atoms with E-state index in [0.29, 0.717) is 5.69 Å². The molecular weight excluding hydrogens is 190 g/mol. The maximum atomic E-state index is 11.7. The van der Waals surface area contributed by atoms with Gasteiger partial charge in [0.15, 0.2) is 0 Å². The first kappa shape index (κ1) is 9.83. The molecule has 0 spiro atoms. The molecule has 0 radical (unpaired) electrons. The minimum atomic E-state index is -0.0291. The van der Waals surface area contributed by atoms with Crippen molar-refractivity contribution in [2.24, 2.45) is 0 Å². The van der Waals surface area contributed by atoms with Crippen LogP contribution in [0.15, 0.2) is 24.3 Å². The zero-order valence-corrected chi connectivity index (χ0v) is 8.73. The molecule has 1 aliphatic rings. The first-order valence-corrected chi connectivity index (χ1v) is 5.11. The third-order valence-electron chi connectivity index (χ3n) is 2.67. The Morgan fingerprint density at radius 1 is 1.40 bits per heavy atom. The quantitative estimate of drug-likeness (QED) is 0.684. The summed E-state index contributed by atoms with van der Waals surface area (Å²) in [6, 6.07) is 7.57. The second-order valence-corrected chi connectivity index (χ2v) is 3.83. The average Bonchev–Trinajstić information content (AvgIpc) is 2.20. The van der Waals surface area contributed by atoms with Crippen LogP contribution >= 0.6 is 0 Å². The number of anilines is 2. The number of rotatable bonds is 1. The SMILES string of the molecule is CC1CCNC(=O)N1c1ccc(N)cc1. The lowest BCUT2D eigenvalue weighted by Crippen LogP contribution is -2.51. The Hall–Kier alpha value is -1.71. The molecule has 0 bridgehead atoms. The smallest absolute Gasteiger partial charge is 0.322 e. The number of carbonyl (C=O) groups is 1. The van der Waals surface area contributed by atoms with Gasteiger partial charge in [-0.1, -0.05) is 0 Å². The number of hydrogen-bond donors (Lipinski definition) is 2. The van der Waals surface area contributed by atoms with Crippen molar-refractivity contribution in [3.63, 3.8) is 0 Å². The maximum absolute atomic E-state index is 11.7. The topological polar surface area (TPSA) is 58.4 Å². The number of carbonyl (C=O) groups excluding carboxylic acids is 1. The van der Waals surface area contributed by atoms with Gasteiger partial charge in [-0.2, -0.15) is 0 Å². The van der Waals surface area contributed by atoms with Crippen LogP contribution in [-0.2, 0) is 0 Å². The summed E-state index contributed by atoms with van der Waals surface area (Å²) in [5, 5.41) is 2.83. The Balaban J connectivity index is 2.27. The third-order valence-corrected chi connectivity index (χ3v) is 2.67.